The van der Waals surface area contributed by atoms with Crippen LogP contribution in [0.1, 0.15) is 23.3 Å². The Bertz CT molecular complexity index is 847. The molecule has 142 valence electrons. The maximum absolute atomic E-state index is 12.8. The fourth-order valence-electron chi connectivity index (χ4n) is 3.01. The number of thioether (sulfide) groups is 1. The van der Waals surface area contributed by atoms with Gasteiger partial charge in [0, 0.05) is 18.5 Å². The minimum absolute atomic E-state index is 0.0188. The van der Waals surface area contributed by atoms with Gasteiger partial charge in [0.05, 0.1) is 31.0 Å². The lowest BCUT2D eigenvalue weighted by Gasteiger charge is -2.11. The Morgan fingerprint density at radius 2 is 2.19 bits per heavy atom. The summed E-state index contributed by atoms with van der Waals surface area (Å²) in [6.45, 7) is 0.989. The van der Waals surface area contributed by atoms with Crippen LogP contribution >= 0.6 is 23.1 Å². The minimum Gasteiger partial charge on any atom is -0.394 e. The zero-order valence-corrected chi connectivity index (χ0v) is 16.4. The molecule has 0 unspecified atom stereocenters. The molecule has 1 amide bonds. The monoisotopic (exact) mass is 397 g/mol. The average Bonchev–Trinajstić information content (AvgIpc) is 3.01. The lowest BCUT2D eigenvalue weighted by atomic mass is 9.97. The van der Waals surface area contributed by atoms with E-state index in [1.807, 2.05) is 0 Å². The van der Waals surface area contributed by atoms with E-state index in [-0.39, 0.29) is 30.4 Å². The minimum atomic E-state index is -0.137. The van der Waals surface area contributed by atoms with Crippen molar-refractivity contribution in [1.82, 2.24) is 14.9 Å². The van der Waals surface area contributed by atoms with E-state index in [2.05, 4.69) is 10.3 Å². The Hall–Kier alpha value is -1.42. The van der Waals surface area contributed by atoms with Crippen molar-refractivity contribution in [2.75, 3.05) is 32.1 Å². The van der Waals surface area contributed by atoms with Crippen LogP contribution in [-0.2, 0) is 29.4 Å². The van der Waals surface area contributed by atoms with E-state index in [4.69, 9.17) is 9.84 Å². The van der Waals surface area contributed by atoms with Gasteiger partial charge in [-0.2, -0.15) is 0 Å². The summed E-state index contributed by atoms with van der Waals surface area (Å²) in [6, 6.07) is 0. The number of nitrogens with one attached hydrogen (secondary N) is 1. The second-order valence-corrected chi connectivity index (χ2v) is 8.15. The summed E-state index contributed by atoms with van der Waals surface area (Å²) in [4.78, 5) is 31.4. The number of aromatic nitrogens is 2. The molecule has 3 rings (SSSR count). The molecule has 1 aliphatic carbocycles. The molecular formula is C17H23N3O4S2. The number of amides is 1. The van der Waals surface area contributed by atoms with Crippen LogP contribution in [0.2, 0.25) is 0 Å². The van der Waals surface area contributed by atoms with Crippen LogP contribution in [0.3, 0.4) is 0 Å². The first kappa shape index (κ1) is 19.3. The molecule has 0 bridgehead atoms. The Kier molecular flexibility index (Phi) is 6.68. The van der Waals surface area contributed by atoms with Gasteiger partial charge in [0.2, 0.25) is 5.91 Å². The molecule has 0 saturated heterocycles. The van der Waals surface area contributed by atoms with Gasteiger partial charge in [-0.05, 0) is 31.2 Å². The van der Waals surface area contributed by atoms with Gasteiger partial charge in [-0.3, -0.25) is 14.2 Å². The predicted molar refractivity (Wildman–Crippen MR) is 103 cm³/mol. The number of ether oxygens (including phenoxy) is 1. The van der Waals surface area contributed by atoms with Crippen LogP contribution in [0.15, 0.2) is 9.95 Å². The van der Waals surface area contributed by atoms with E-state index in [1.165, 1.54) is 28.6 Å². The number of aryl methyl sites for hydroxylation is 2. The van der Waals surface area contributed by atoms with Gasteiger partial charge in [-0.25, -0.2) is 4.98 Å². The molecule has 0 spiro atoms. The topological polar surface area (TPSA) is 93.5 Å². The fourth-order valence-corrected chi connectivity index (χ4v) is 5.11. The number of aliphatic hydroxyl groups is 1. The molecule has 0 atom stereocenters. The highest BCUT2D eigenvalue weighted by Crippen LogP contribution is 2.34. The van der Waals surface area contributed by atoms with Crippen LogP contribution in [-0.4, -0.2) is 52.7 Å². The molecule has 2 aromatic rings. The first-order chi connectivity index (χ1) is 12.6. The second kappa shape index (κ2) is 8.98. The normalized spacial score (nSPS) is 13.8. The van der Waals surface area contributed by atoms with E-state index in [0.29, 0.717) is 18.3 Å². The van der Waals surface area contributed by atoms with Gasteiger partial charge >= 0.3 is 0 Å². The van der Waals surface area contributed by atoms with Crippen LogP contribution < -0.4 is 10.9 Å². The largest absolute Gasteiger partial charge is 0.394 e. The van der Waals surface area contributed by atoms with Crippen LogP contribution in [0.5, 0.6) is 0 Å². The highest BCUT2D eigenvalue weighted by molar-refractivity contribution is 7.99. The Labute approximate surface area is 159 Å². The molecule has 0 aromatic carbocycles. The number of hydrogen-bond donors (Lipinski definition) is 2. The molecule has 2 heterocycles. The van der Waals surface area contributed by atoms with Gasteiger partial charge in [-0.15, -0.1) is 11.3 Å². The van der Waals surface area contributed by atoms with Gasteiger partial charge in [0.15, 0.2) is 5.16 Å². The first-order valence-corrected chi connectivity index (χ1v) is 10.5. The number of nitrogens with zero attached hydrogens (tertiary/aromatic N) is 2. The van der Waals surface area contributed by atoms with Crippen LogP contribution in [0.4, 0.5) is 0 Å². The molecule has 0 aliphatic heterocycles. The molecule has 1 aliphatic rings. The van der Waals surface area contributed by atoms with E-state index >= 15 is 0 Å². The van der Waals surface area contributed by atoms with Gasteiger partial charge in [0.1, 0.15) is 4.83 Å². The van der Waals surface area contributed by atoms with Crippen molar-refractivity contribution in [2.45, 2.75) is 30.8 Å². The van der Waals surface area contributed by atoms with Crippen molar-refractivity contribution in [1.29, 1.82) is 0 Å². The summed E-state index contributed by atoms with van der Waals surface area (Å²) in [5, 5.41) is 12.7. The summed E-state index contributed by atoms with van der Waals surface area (Å²) in [6.07, 6.45) is 4.28. The molecular weight excluding hydrogens is 374 g/mol. The number of carbonyl (C=O) groups excluding carboxylic acids is 1. The third kappa shape index (κ3) is 4.28. The van der Waals surface area contributed by atoms with Crippen molar-refractivity contribution in [3.8, 4) is 0 Å². The molecule has 0 saturated carbocycles. The second-order valence-electron chi connectivity index (χ2n) is 6.12. The summed E-state index contributed by atoms with van der Waals surface area (Å²) in [5.41, 5.74) is 1.16. The molecule has 2 N–H and O–H groups in total. The van der Waals surface area contributed by atoms with Gasteiger partial charge < -0.3 is 15.2 Å². The zero-order valence-electron chi connectivity index (χ0n) is 14.7. The summed E-state index contributed by atoms with van der Waals surface area (Å²) >= 11 is 2.88. The summed E-state index contributed by atoms with van der Waals surface area (Å²) < 4.78 is 6.64. The molecule has 26 heavy (non-hydrogen) atoms. The Morgan fingerprint density at radius 1 is 1.38 bits per heavy atom. The third-order valence-corrected chi connectivity index (χ3v) is 6.51. The highest BCUT2D eigenvalue weighted by Gasteiger charge is 2.21. The summed E-state index contributed by atoms with van der Waals surface area (Å²) in [5.74, 6) is 0.0547. The van der Waals surface area contributed by atoms with Crippen LogP contribution in [0.25, 0.3) is 10.2 Å². The van der Waals surface area contributed by atoms with Crippen molar-refractivity contribution in [2.24, 2.45) is 7.05 Å². The lowest BCUT2D eigenvalue weighted by molar-refractivity contribution is -0.118. The summed E-state index contributed by atoms with van der Waals surface area (Å²) in [7, 11) is 1.71. The standard InChI is InChI=1S/C17H23N3O4S2/c1-20-16(23)14-11-4-2-3-5-12(11)26-15(14)19-17(20)25-10-13(22)18-6-8-24-9-7-21/h21H,2-10H2,1H3,(H,18,22). The smallest absolute Gasteiger partial charge is 0.262 e. The molecule has 2 aromatic heterocycles. The fraction of sp³-hybridized carbons (Fsp3) is 0.588. The van der Waals surface area contributed by atoms with E-state index in [1.54, 1.807) is 23.0 Å². The number of rotatable bonds is 8. The van der Waals surface area contributed by atoms with Gasteiger partial charge in [0.25, 0.3) is 5.56 Å². The van der Waals surface area contributed by atoms with Gasteiger partial charge in [-0.1, -0.05) is 11.8 Å². The van der Waals surface area contributed by atoms with E-state index in [9.17, 15) is 9.59 Å². The predicted octanol–water partition coefficient (Wildman–Crippen LogP) is 1.09. The maximum atomic E-state index is 12.8. The highest BCUT2D eigenvalue weighted by atomic mass is 32.2. The lowest BCUT2D eigenvalue weighted by Crippen LogP contribution is -2.29. The molecule has 7 nitrogen and oxygen atoms in total. The number of carbonyl (C=O) groups is 1. The third-order valence-electron chi connectivity index (χ3n) is 4.29. The van der Waals surface area contributed by atoms with Crippen molar-refractivity contribution in [3.05, 3.63) is 20.8 Å². The van der Waals surface area contributed by atoms with Crippen molar-refractivity contribution < 1.29 is 14.6 Å². The number of fused-ring (bicyclic) bond motifs is 3. The molecule has 9 heteroatoms. The Balaban J connectivity index is 1.66. The Morgan fingerprint density at radius 3 is 3.00 bits per heavy atom. The zero-order chi connectivity index (χ0) is 18.5. The number of thiophene rings is 1. The van der Waals surface area contributed by atoms with E-state index in [0.717, 1.165) is 29.5 Å². The quantitative estimate of drug-likeness (QED) is 0.394. The average molecular weight is 398 g/mol. The number of aliphatic hydroxyl groups excluding tert-OH is 1. The van der Waals surface area contributed by atoms with E-state index < -0.39 is 0 Å². The van der Waals surface area contributed by atoms with Crippen molar-refractivity contribution >= 4 is 39.2 Å². The molecule has 0 fully saturated rings. The number of hydrogen-bond acceptors (Lipinski definition) is 7. The first-order valence-electron chi connectivity index (χ1n) is 8.71. The van der Waals surface area contributed by atoms with Crippen molar-refractivity contribution in [3.63, 3.8) is 0 Å². The molecule has 0 radical (unpaired) electrons. The maximum Gasteiger partial charge on any atom is 0.262 e. The van der Waals surface area contributed by atoms with Crippen LogP contribution in [0, 0.1) is 0 Å². The SMILES string of the molecule is Cn1c(SCC(=O)NCCOCCO)nc2sc3c(c2c1=O)CCCC3.